The van der Waals surface area contributed by atoms with Gasteiger partial charge in [-0.2, -0.15) is 0 Å². The van der Waals surface area contributed by atoms with Crippen molar-refractivity contribution in [3.63, 3.8) is 0 Å². The summed E-state index contributed by atoms with van der Waals surface area (Å²) in [6.07, 6.45) is 8.07. The molecule has 3 aromatic carbocycles. The lowest BCUT2D eigenvalue weighted by Crippen LogP contribution is -1.95. The van der Waals surface area contributed by atoms with E-state index in [2.05, 4.69) is 103 Å². The first kappa shape index (κ1) is 15.2. The Hall–Kier alpha value is -3.06. The molecule has 0 saturated carbocycles. The number of allylic oxidation sites excluding steroid dienone is 4. The first-order valence-corrected chi connectivity index (χ1v) is 9.28. The highest BCUT2D eigenvalue weighted by atomic mass is 15.0. The predicted octanol–water partition coefficient (Wildman–Crippen LogP) is 6.76. The van der Waals surface area contributed by atoms with Crippen LogP contribution < -0.4 is 0 Å². The maximum Gasteiger partial charge on any atom is 0.0541 e. The summed E-state index contributed by atoms with van der Waals surface area (Å²) in [5.41, 5.74) is 6.36. The molecule has 1 heterocycles. The number of para-hydroxylation sites is 2. The van der Waals surface area contributed by atoms with Crippen LogP contribution in [0.15, 0.2) is 91.0 Å². The molecule has 1 aliphatic carbocycles. The fourth-order valence-corrected chi connectivity index (χ4v) is 3.95. The van der Waals surface area contributed by atoms with E-state index in [-0.39, 0.29) is 0 Å². The average molecular weight is 335 g/mol. The van der Waals surface area contributed by atoms with Crippen molar-refractivity contribution in [3.05, 3.63) is 96.6 Å². The van der Waals surface area contributed by atoms with Gasteiger partial charge in [-0.15, -0.1) is 0 Å². The normalized spacial score (nSPS) is 17.0. The van der Waals surface area contributed by atoms with E-state index in [0.29, 0.717) is 5.92 Å². The zero-order valence-corrected chi connectivity index (χ0v) is 14.9. The number of benzene rings is 3. The monoisotopic (exact) mass is 335 g/mol. The van der Waals surface area contributed by atoms with Gasteiger partial charge in [-0.05, 0) is 53.8 Å². The van der Waals surface area contributed by atoms with Gasteiger partial charge in [0.25, 0.3) is 0 Å². The van der Waals surface area contributed by atoms with E-state index >= 15 is 0 Å². The minimum absolute atomic E-state index is 0.641. The van der Waals surface area contributed by atoms with Crippen LogP contribution in [0, 0.1) is 5.92 Å². The predicted molar refractivity (Wildman–Crippen MR) is 112 cm³/mol. The Morgan fingerprint density at radius 3 is 2.38 bits per heavy atom. The molecule has 1 aromatic heterocycles. The molecule has 5 rings (SSSR count). The average Bonchev–Trinajstić information content (AvgIpc) is 3.03. The van der Waals surface area contributed by atoms with Gasteiger partial charge in [0.15, 0.2) is 0 Å². The number of nitrogens with zero attached hydrogens (tertiary/aromatic N) is 1. The lowest BCUT2D eigenvalue weighted by atomic mass is 9.93. The molecule has 1 aliphatic rings. The van der Waals surface area contributed by atoms with Crippen molar-refractivity contribution in [1.82, 2.24) is 4.57 Å². The Labute approximate surface area is 153 Å². The van der Waals surface area contributed by atoms with Crippen LogP contribution >= 0.6 is 0 Å². The van der Waals surface area contributed by atoms with Crippen LogP contribution in [0.4, 0.5) is 0 Å². The van der Waals surface area contributed by atoms with Crippen molar-refractivity contribution in [2.45, 2.75) is 13.3 Å². The molecular formula is C25H21N. The van der Waals surface area contributed by atoms with E-state index < -0.39 is 0 Å². The second-order valence-electron chi connectivity index (χ2n) is 7.15. The topological polar surface area (TPSA) is 4.93 Å². The van der Waals surface area contributed by atoms with E-state index in [1.165, 1.54) is 38.6 Å². The lowest BCUT2D eigenvalue weighted by Gasteiger charge is -2.12. The zero-order valence-electron chi connectivity index (χ0n) is 14.9. The Kier molecular flexibility index (Phi) is 3.53. The smallest absolute Gasteiger partial charge is 0.0541 e. The molecule has 1 heteroatoms. The van der Waals surface area contributed by atoms with Crippen molar-refractivity contribution in [1.29, 1.82) is 0 Å². The molecule has 1 nitrogen and oxygen atoms in total. The molecule has 0 fully saturated rings. The number of aromatic nitrogens is 1. The molecule has 0 aliphatic heterocycles. The van der Waals surface area contributed by atoms with Crippen LogP contribution in [-0.2, 0) is 0 Å². The van der Waals surface area contributed by atoms with E-state index in [0.717, 1.165) is 6.42 Å². The van der Waals surface area contributed by atoms with Gasteiger partial charge in [0.1, 0.15) is 0 Å². The summed E-state index contributed by atoms with van der Waals surface area (Å²) in [6.45, 7) is 2.26. The van der Waals surface area contributed by atoms with Crippen molar-refractivity contribution in [3.8, 4) is 5.69 Å². The van der Waals surface area contributed by atoms with Crippen LogP contribution in [-0.4, -0.2) is 4.57 Å². The fourth-order valence-electron chi connectivity index (χ4n) is 3.95. The SMILES string of the molecule is CC1C=CC(c2ccc3c(c2)c2ccccc2n3-c2ccccc2)=CC1. The second-order valence-corrected chi connectivity index (χ2v) is 7.15. The summed E-state index contributed by atoms with van der Waals surface area (Å²) in [5.74, 6) is 0.641. The third-order valence-corrected chi connectivity index (χ3v) is 5.33. The van der Waals surface area contributed by atoms with E-state index in [9.17, 15) is 0 Å². The summed E-state index contributed by atoms with van der Waals surface area (Å²) < 4.78 is 2.36. The third kappa shape index (κ3) is 2.40. The maximum atomic E-state index is 2.36. The molecular weight excluding hydrogens is 314 g/mol. The van der Waals surface area contributed by atoms with Crippen molar-refractivity contribution in [2.24, 2.45) is 5.92 Å². The molecule has 0 radical (unpaired) electrons. The van der Waals surface area contributed by atoms with Crippen molar-refractivity contribution < 1.29 is 0 Å². The van der Waals surface area contributed by atoms with Crippen LogP contribution in [0.1, 0.15) is 18.9 Å². The Morgan fingerprint density at radius 1 is 0.808 bits per heavy atom. The molecule has 26 heavy (non-hydrogen) atoms. The highest BCUT2D eigenvalue weighted by Crippen LogP contribution is 2.34. The van der Waals surface area contributed by atoms with Crippen LogP contribution in [0.25, 0.3) is 33.1 Å². The largest absolute Gasteiger partial charge is 0.309 e. The summed E-state index contributed by atoms with van der Waals surface area (Å²) in [7, 11) is 0. The molecule has 0 bridgehead atoms. The Morgan fingerprint density at radius 2 is 1.58 bits per heavy atom. The lowest BCUT2D eigenvalue weighted by molar-refractivity contribution is 0.739. The Bertz CT molecular complexity index is 1160. The van der Waals surface area contributed by atoms with Gasteiger partial charge in [0, 0.05) is 16.5 Å². The zero-order chi connectivity index (χ0) is 17.5. The van der Waals surface area contributed by atoms with Gasteiger partial charge in [0.2, 0.25) is 0 Å². The first-order chi connectivity index (χ1) is 12.8. The van der Waals surface area contributed by atoms with Gasteiger partial charge in [-0.3, -0.25) is 0 Å². The third-order valence-electron chi connectivity index (χ3n) is 5.33. The molecule has 126 valence electrons. The highest BCUT2D eigenvalue weighted by Gasteiger charge is 2.13. The molecule has 0 N–H and O–H groups in total. The number of hydrogen-bond donors (Lipinski definition) is 0. The van der Waals surface area contributed by atoms with Crippen LogP contribution in [0.3, 0.4) is 0 Å². The molecule has 0 saturated heterocycles. The summed E-state index contributed by atoms with van der Waals surface area (Å²) >= 11 is 0. The van der Waals surface area contributed by atoms with Gasteiger partial charge < -0.3 is 4.57 Å². The summed E-state index contributed by atoms with van der Waals surface area (Å²) in [5, 5.41) is 2.62. The number of rotatable bonds is 2. The Balaban J connectivity index is 1.78. The standard InChI is InChI=1S/C25H21N/c1-18-11-13-19(14-12-18)20-15-16-25-23(17-20)22-9-5-6-10-24(22)26(25)21-7-3-2-4-8-21/h2-11,13-18H,12H2,1H3. The summed E-state index contributed by atoms with van der Waals surface area (Å²) in [4.78, 5) is 0. The van der Waals surface area contributed by atoms with Gasteiger partial charge in [-0.1, -0.05) is 67.6 Å². The maximum absolute atomic E-state index is 2.36. The van der Waals surface area contributed by atoms with Gasteiger partial charge >= 0.3 is 0 Å². The molecule has 0 amide bonds. The van der Waals surface area contributed by atoms with Crippen LogP contribution in [0.5, 0.6) is 0 Å². The number of hydrogen-bond acceptors (Lipinski definition) is 0. The van der Waals surface area contributed by atoms with Gasteiger partial charge in [-0.25, -0.2) is 0 Å². The molecule has 4 aromatic rings. The van der Waals surface area contributed by atoms with E-state index in [4.69, 9.17) is 0 Å². The number of fused-ring (bicyclic) bond motifs is 3. The van der Waals surface area contributed by atoms with E-state index in [1.54, 1.807) is 0 Å². The van der Waals surface area contributed by atoms with Gasteiger partial charge in [0.05, 0.1) is 11.0 Å². The van der Waals surface area contributed by atoms with Crippen molar-refractivity contribution >= 4 is 27.4 Å². The van der Waals surface area contributed by atoms with Crippen LogP contribution in [0.2, 0.25) is 0 Å². The fraction of sp³-hybridized carbons (Fsp3) is 0.120. The molecule has 1 unspecified atom stereocenters. The van der Waals surface area contributed by atoms with Crippen molar-refractivity contribution in [2.75, 3.05) is 0 Å². The second kappa shape index (κ2) is 6.03. The highest BCUT2D eigenvalue weighted by molar-refractivity contribution is 6.10. The minimum atomic E-state index is 0.641. The minimum Gasteiger partial charge on any atom is -0.309 e. The molecule has 0 spiro atoms. The summed E-state index contributed by atoms with van der Waals surface area (Å²) in [6, 6.07) is 26.2. The first-order valence-electron chi connectivity index (χ1n) is 9.28. The quantitative estimate of drug-likeness (QED) is 0.381. The molecule has 1 atom stereocenters. The van der Waals surface area contributed by atoms with E-state index in [1.807, 2.05) is 0 Å².